The van der Waals surface area contributed by atoms with Crippen LogP contribution in [0.4, 0.5) is 5.69 Å². The number of nitro benzene ring substituents is 1. The van der Waals surface area contributed by atoms with Crippen LogP contribution < -0.4 is 0 Å². The van der Waals surface area contributed by atoms with Gasteiger partial charge in [0.05, 0.1) is 11.1 Å². The summed E-state index contributed by atoms with van der Waals surface area (Å²) in [6, 6.07) is 7.79. The summed E-state index contributed by atoms with van der Waals surface area (Å²) in [5.74, 6) is -0.181. The lowest BCUT2D eigenvalue weighted by molar-refractivity contribution is -0.384. The predicted molar refractivity (Wildman–Crippen MR) is 95.1 cm³/mol. The zero-order valence-corrected chi connectivity index (χ0v) is 14.1. The summed E-state index contributed by atoms with van der Waals surface area (Å²) in [4.78, 5) is 27.5. The minimum atomic E-state index is -0.485. The second-order valence-electron chi connectivity index (χ2n) is 5.47. The predicted octanol–water partition coefficient (Wildman–Crippen LogP) is 3.43. The van der Waals surface area contributed by atoms with Gasteiger partial charge in [-0.25, -0.2) is 0 Å². The standard InChI is InChI=1S/C18H19N3O4/c1-4-8-20-13(2)9-17(14(20)3)18(22)12-25-19-11-15-6-5-7-16(10-15)21(23)24/h4-7,9-11H,1,8,12H2,2-3H3/b19-11+. The fraction of sp³-hybridized carbons (Fsp3) is 0.222. The summed E-state index contributed by atoms with van der Waals surface area (Å²) in [6.45, 7) is 7.93. The number of aromatic nitrogens is 1. The topological polar surface area (TPSA) is 86.7 Å². The van der Waals surface area contributed by atoms with E-state index in [9.17, 15) is 14.9 Å². The van der Waals surface area contributed by atoms with Crippen molar-refractivity contribution in [1.82, 2.24) is 4.57 Å². The van der Waals surface area contributed by atoms with E-state index in [-0.39, 0.29) is 18.1 Å². The fourth-order valence-electron chi connectivity index (χ4n) is 2.48. The minimum Gasteiger partial charge on any atom is -0.387 e. The minimum absolute atomic E-state index is 0.0327. The van der Waals surface area contributed by atoms with Crippen molar-refractivity contribution in [3.63, 3.8) is 0 Å². The number of nitro groups is 1. The van der Waals surface area contributed by atoms with Gasteiger partial charge in [0.15, 0.2) is 6.61 Å². The molecule has 0 saturated heterocycles. The molecule has 0 atom stereocenters. The molecule has 0 spiro atoms. The lowest BCUT2D eigenvalue weighted by Crippen LogP contribution is -2.09. The van der Waals surface area contributed by atoms with Gasteiger partial charge in [0.2, 0.25) is 5.78 Å². The third-order valence-corrected chi connectivity index (χ3v) is 3.74. The van der Waals surface area contributed by atoms with Crippen LogP contribution in [-0.4, -0.2) is 28.1 Å². The number of benzene rings is 1. The van der Waals surface area contributed by atoms with Crippen molar-refractivity contribution in [2.75, 3.05) is 6.61 Å². The molecule has 0 amide bonds. The van der Waals surface area contributed by atoms with Crippen LogP contribution in [0.2, 0.25) is 0 Å². The number of carbonyl (C=O) groups excluding carboxylic acids is 1. The van der Waals surface area contributed by atoms with Crippen LogP contribution in [0.15, 0.2) is 48.1 Å². The molecule has 0 fully saturated rings. The number of non-ortho nitro benzene ring substituents is 1. The molecule has 0 aliphatic heterocycles. The fourth-order valence-corrected chi connectivity index (χ4v) is 2.48. The number of ketones is 1. The Kier molecular flexibility index (Phi) is 5.84. The Morgan fingerprint density at radius 3 is 2.84 bits per heavy atom. The van der Waals surface area contributed by atoms with E-state index < -0.39 is 4.92 Å². The molecule has 0 aliphatic carbocycles. The van der Waals surface area contributed by atoms with Crippen LogP contribution in [-0.2, 0) is 11.4 Å². The molecular formula is C18H19N3O4. The van der Waals surface area contributed by atoms with Crippen LogP contribution in [0, 0.1) is 24.0 Å². The van der Waals surface area contributed by atoms with Gasteiger partial charge in [-0.3, -0.25) is 14.9 Å². The Morgan fingerprint density at radius 1 is 1.40 bits per heavy atom. The molecule has 1 heterocycles. The van der Waals surface area contributed by atoms with Gasteiger partial charge in [-0.2, -0.15) is 0 Å². The maximum absolute atomic E-state index is 12.3. The van der Waals surface area contributed by atoms with Crippen LogP contribution in [0.1, 0.15) is 27.3 Å². The molecule has 0 saturated carbocycles. The first-order valence-electron chi connectivity index (χ1n) is 7.64. The number of hydrogen-bond acceptors (Lipinski definition) is 5. The second kappa shape index (κ2) is 8.05. The monoisotopic (exact) mass is 341 g/mol. The molecule has 0 bridgehead atoms. The number of hydrogen-bond donors (Lipinski definition) is 0. The average molecular weight is 341 g/mol. The van der Waals surface area contributed by atoms with E-state index in [0.29, 0.717) is 17.7 Å². The summed E-state index contributed by atoms with van der Waals surface area (Å²) >= 11 is 0. The van der Waals surface area contributed by atoms with E-state index in [0.717, 1.165) is 11.4 Å². The lowest BCUT2D eigenvalue weighted by Gasteiger charge is -2.05. The van der Waals surface area contributed by atoms with Gasteiger partial charge in [-0.1, -0.05) is 23.4 Å². The van der Waals surface area contributed by atoms with Gasteiger partial charge in [0.25, 0.3) is 5.69 Å². The molecule has 7 nitrogen and oxygen atoms in total. The number of Topliss-reactive ketones (excluding diaryl/α,β-unsaturated/α-hetero) is 1. The summed E-state index contributed by atoms with van der Waals surface area (Å²) in [5.41, 5.74) is 2.90. The molecule has 0 aliphatic rings. The molecule has 7 heteroatoms. The SMILES string of the molecule is C=CCn1c(C)cc(C(=O)CO/N=C/c2cccc([N+](=O)[O-])c2)c1C. The quantitative estimate of drug-likeness (QED) is 0.242. The molecule has 0 radical (unpaired) electrons. The highest BCUT2D eigenvalue weighted by Crippen LogP contribution is 2.16. The summed E-state index contributed by atoms with van der Waals surface area (Å²) in [6.07, 6.45) is 3.11. The van der Waals surface area contributed by atoms with E-state index in [1.54, 1.807) is 18.2 Å². The van der Waals surface area contributed by atoms with E-state index in [4.69, 9.17) is 4.84 Å². The Bertz CT molecular complexity index is 837. The van der Waals surface area contributed by atoms with Crippen LogP contribution in [0.3, 0.4) is 0 Å². The number of carbonyl (C=O) groups is 1. The van der Waals surface area contributed by atoms with Crippen molar-refractivity contribution in [3.8, 4) is 0 Å². The molecule has 0 N–H and O–H groups in total. The highest BCUT2D eigenvalue weighted by atomic mass is 16.6. The normalized spacial score (nSPS) is 10.8. The summed E-state index contributed by atoms with van der Waals surface area (Å²) in [5, 5.41) is 14.4. The zero-order valence-electron chi connectivity index (χ0n) is 14.1. The van der Waals surface area contributed by atoms with Crippen LogP contribution in [0.5, 0.6) is 0 Å². The van der Waals surface area contributed by atoms with Crippen molar-refractivity contribution in [1.29, 1.82) is 0 Å². The van der Waals surface area contributed by atoms with Gasteiger partial charge in [-0.05, 0) is 19.9 Å². The first kappa shape index (κ1) is 18.1. The number of nitrogens with zero attached hydrogens (tertiary/aromatic N) is 3. The number of allylic oxidation sites excluding steroid dienone is 1. The summed E-state index contributed by atoms with van der Waals surface area (Å²) < 4.78 is 1.99. The molecule has 130 valence electrons. The number of oxime groups is 1. The number of aryl methyl sites for hydroxylation is 1. The van der Waals surface area contributed by atoms with Crippen molar-refractivity contribution < 1.29 is 14.6 Å². The lowest BCUT2D eigenvalue weighted by atomic mass is 10.2. The first-order chi connectivity index (χ1) is 11.9. The van der Waals surface area contributed by atoms with Crippen LogP contribution >= 0.6 is 0 Å². The Hall–Kier alpha value is -3.22. The Labute approximate surface area is 145 Å². The van der Waals surface area contributed by atoms with E-state index in [1.165, 1.54) is 18.3 Å². The largest absolute Gasteiger partial charge is 0.387 e. The zero-order chi connectivity index (χ0) is 18.4. The van der Waals surface area contributed by atoms with Gasteiger partial charge < -0.3 is 9.40 Å². The third-order valence-electron chi connectivity index (χ3n) is 3.74. The highest BCUT2D eigenvalue weighted by Gasteiger charge is 2.15. The van der Waals surface area contributed by atoms with E-state index in [2.05, 4.69) is 11.7 Å². The van der Waals surface area contributed by atoms with Crippen molar-refractivity contribution in [2.24, 2.45) is 5.16 Å². The second-order valence-corrected chi connectivity index (χ2v) is 5.47. The first-order valence-corrected chi connectivity index (χ1v) is 7.64. The van der Waals surface area contributed by atoms with Gasteiger partial charge in [0, 0.05) is 41.2 Å². The van der Waals surface area contributed by atoms with Gasteiger partial charge in [0.1, 0.15) is 0 Å². The molecule has 0 unspecified atom stereocenters. The molecular weight excluding hydrogens is 322 g/mol. The van der Waals surface area contributed by atoms with Crippen molar-refractivity contribution >= 4 is 17.7 Å². The van der Waals surface area contributed by atoms with E-state index >= 15 is 0 Å². The molecule has 1 aromatic heterocycles. The highest BCUT2D eigenvalue weighted by molar-refractivity contribution is 5.98. The van der Waals surface area contributed by atoms with Gasteiger partial charge in [-0.15, -0.1) is 6.58 Å². The molecule has 25 heavy (non-hydrogen) atoms. The van der Waals surface area contributed by atoms with E-state index in [1.807, 2.05) is 24.5 Å². The molecule has 2 rings (SSSR count). The molecule has 2 aromatic rings. The number of rotatable bonds is 8. The summed E-state index contributed by atoms with van der Waals surface area (Å²) in [7, 11) is 0. The van der Waals surface area contributed by atoms with Gasteiger partial charge >= 0.3 is 0 Å². The van der Waals surface area contributed by atoms with Crippen molar-refractivity contribution in [3.05, 3.63) is 75.6 Å². The third kappa shape index (κ3) is 4.41. The van der Waals surface area contributed by atoms with Crippen molar-refractivity contribution in [2.45, 2.75) is 20.4 Å². The Balaban J connectivity index is 1.99. The van der Waals surface area contributed by atoms with Crippen LogP contribution in [0.25, 0.3) is 0 Å². The molecule has 1 aromatic carbocycles. The Morgan fingerprint density at radius 2 is 2.16 bits per heavy atom. The average Bonchev–Trinajstić information content (AvgIpc) is 2.87. The maximum atomic E-state index is 12.3. The smallest absolute Gasteiger partial charge is 0.270 e. The maximum Gasteiger partial charge on any atom is 0.270 e.